The molecule has 2 aliphatic heterocycles. The van der Waals surface area contributed by atoms with E-state index in [1.54, 1.807) is 17.0 Å². The molecule has 0 aliphatic carbocycles. The normalized spacial score (nSPS) is 21.1. The second-order valence-corrected chi connectivity index (χ2v) is 9.70. The van der Waals surface area contributed by atoms with Crippen molar-refractivity contribution in [1.82, 2.24) is 4.90 Å². The van der Waals surface area contributed by atoms with Gasteiger partial charge in [-0.1, -0.05) is 13.3 Å². The van der Waals surface area contributed by atoms with Crippen LogP contribution in [0.5, 0.6) is 0 Å². The fourth-order valence-corrected chi connectivity index (χ4v) is 5.57. The summed E-state index contributed by atoms with van der Waals surface area (Å²) in [6.45, 7) is 4.54. The van der Waals surface area contributed by atoms with Crippen molar-refractivity contribution in [2.75, 3.05) is 49.3 Å². The summed E-state index contributed by atoms with van der Waals surface area (Å²) in [4.78, 5) is 27.8. The summed E-state index contributed by atoms with van der Waals surface area (Å²) >= 11 is 0. The molecular weight excluding hydrogens is 398 g/mol. The van der Waals surface area contributed by atoms with E-state index in [9.17, 15) is 23.3 Å². The summed E-state index contributed by atoms with van der Waals surface area (Å²) < 4.78 is 29.1. The molecule has 0 spiro atoms. The number of carbonyl (C=O) groups excluding carboxylic acids is 1. The van der Waals surface area contributed by atoms with Crippen LogP contribution >= 0.6 is 0 Å². The Kier molecular flexibility index (Phi) is 6.74. The zero-order valence-corrected chi connectivity index (χ0v) is 17.4. The third-order valence-corrected chi connectivity index (χ3v) is 7.18. The second kappa shape index (κ2) is 9.08. The van der Waals surface area contributed by atoms with E-state index in [2.05, 4.69) is 0 Å². The lowest BCUT2D eigenvalue weighted by Gasteiger charge is -2.30. The van der Waals surface area contributed by atoms with Gasteiger partial charge in [-0.3, -0.25) is 14.9 Å². The van der Waals surface area contributed by atoms with E-state index in [-0.39, 0.29) is 34.7 Å². The van der Waals surface area contributed by atoms with Crippen LogP contribution in [0.25, 0.3) is 0 Å². The third-order valence-electron chi connectivity index (χ3n) is 5.43. The van der Waals surface area contributed by atoms with Gasteiger partial charge in [0.05, 0.1) is 29.6 Å². The molecular formula is C19H27N3O6S. The van der Waals surface area contributed by atoms with Crippen LogP contribution < -0.4 is 4.90 Å². The Morgan fingerprint density at radius 3 is 2.66 bits per heavy atom. The van der Waals surface area contributed by atoms with E-state index in [1.165, 1.54) is 6.07 Å². The minimum atomic E-state index is -3.14. The molecule has 2 fully saturated rings. The molecule has 0 radical (unpaired) electrons. The minimum absolute atomic E-state index is 0.0452. The number of nitrogens with zero attached hydrogens (tertiary/aromatic N) is 3. The maximum Gasteiger partial charge on any atom is 0.293 e. The van der Waals surface area contributed by atoms with Gasteiger partial charge in [0.1, 0.15) is 5.69 Å². The van der Waals surface area contributed by atoms with Crippen molar-refractivity contribution in [1.29, 1.82) is 0 Å². The van der Waals surface area contributed by atoms with Gasteiger partial charge in [-0.2, -0.15) is 0 Å². The number of sulfone groups is 1. The van der Waals surface area contributed by atoms with Gasteiger partial charge in [-0.05, 0) is 25.0 Å². The Morgan fingerprint density at radius 2 is 2.07 bits per heavy atom. The molecule has 2 heterocycles. The molecule has 1 aromatic rings. The Morgan fingerprint density at radius 1 is 1.34 bits per heavy atom. The largest absolute Gasteiger partial charge is 0.378 e. The molecule has 2 aliphatic rings. The summed E-state index contributed by atoms with van der Waals surface area (Å²) in [7, 11) is -3.14. The lowest BCUT2D eigenvalue weighted by molar-refractivity contribution is -0.384. The van der Waals surface area contributed by atoms with Gasteiger partial charge in [0.15, 0.2) is 9.84 Å². The lowest BCUT2D eigenvalue weighted by Crippen LogP contribution is -2.42. The quantitative estimate of drug-likeness (QED) is 0.484. The summed E-state index contributed by atoms with van der Waals surface area (Å²) in [6.07, 6.45) is 2.02. The van der Waals surface area contributed by atoms with E-state index < -0.39 is 14.8 Å². The van der Waals surface area contributed by atoms with Gasteiger partial charge in [-0.25, -0.2) is 8.42 Å². The molecule has 1 aromatic carbocycles. The fourth-order valence-electron chi connectivity index (χ4n) is 3.84. The van der Waals surface area contributed by atoms with Crippen molar-refractivity contribution in [3.8, 4) is 0 Å². The van der Waals surface area contributed by atoms with Crippen molar-refractivity contribution in [3.63, 3.8) is 0 Å². The zero-order valence-electron chi connectivity index (χ0n) is 16.6. The van der Waals surface area contributed by atoms with Gasteiger partial charge >= 0.3 is 0 Å². The first-order chi connectivity index (χ1) is 13.8. The number of nitro groups is 1. The molecule has 2 saturated heterocycles. The van der Waals surface area contributed by atoms with Crippen molar-refractivity contribution >= 4 is 27.1 Å². The standard InChI is InChI=1S/C19H27N3O6S/c1-2-3-7-21(16-6-12-29(26,27)14-16)19(23)15-4-5-17(18(13-15)22(24)25)20-8-10-28-11-9-20/h4-5,13,16H,2-3,6-12,14H2,1H3. The number of hydrogen-bond donors (Lipinski definition) is 0. The highest BCUT2D eigenvalue weighted by atomic mass is 32.2. The number of hydrogen-bond acceptors (Lipinski definition) is 7. The Hall–Kier alpha value is -2.20. The topological polar surface area (TPSA) is 110 Å². The Labute approximate surface area is 170 Å². The minimum Gasteiger partial charge on any atom is -0.378 e. The SMILES string of the molecule is CCCCN(C(=O)c1ccc(N2CCOCC2)c([N+](=O)[O-])c1)C1CCS(=O)(=O)C1. The van der Waals surface area contributed by atoms with E-state index in [4.69, 9.17) is 4.74 Å². The first-order valence-electron chi connectivity index (χ1n) is 9.95. The van der Waals surface area contributed by atoms with Gasteiger partial charge in [0, 0.05) is 37.3 Å². The van der Waals surface area contributed by atoms with Crippen LogP contribution in [0, 0.1) is 10.1 Å². The predicted molar refractivity (Wildman–Crippen MR) is 109 cm³/mol. The van der Waals surface area contributed by atoms with Crippen molar-refractivity contribution in [3.05, 3.63) is 33.9 Å². The Bertz CT molecular complexity index is 867. The average molecular weight is 426 g/mol. The number of nitro benzene ring substituents is 1. The van der Waals surface area contributed by atoms with Gasteiger partial charge in [0.25, 0.3) is 11.6 Å². The molecule has 29 heavy (non-hydrogen) atoms. The van der Waals surface area contributed by atoms with E-state index in [0.29, 0.717) is 45.0 Å². The molecule has 0 aromatic heterocycles. The highest BCUT2D eigenvalue weighted by Gasteiger charge is 2.35. The number of carbonyl (C=O) groups is 1. The van der Waals surface area contributed by atoms with Crippen LogP contribution in [0.1, 0.15) is 36.5 Å². The summed E-state index contributed by atoms with van der Waals surface area (Å²) in [5.74, 6) is -0.322. The smallest absolute Gasteiger partial charge is 0.293 e. The molecule has 1 unspecified atom stereocenters. The average Bonchev–Trinajstić information content (AvgIpc) is 3.07. The number of anilines is 1. The second-order valence-electron chi connectivity index (χ2n) is 7.47. The number of rotatable bonds is 7. The maximum absolute atomic E-state index is 13.2. The van der Waals surface area contributed by atoms with Crippen LogP contribution in [0.3, 0.4) is 0 Å². The maximum atomic E-state index is 13.2. The Balaban J connectivity index is 1.89. The number of unbranched alkanes of at least 4 members (excludes halogenated alkanes) is 1. The van der Waals surface area contributed by atoms with Crippen LogP contribution in [0.2, 0.25) is 0 Å². The van der Waals surface area contributed by atoms with Crippen LogP contribution in [0.4, 0.5) is 11.4 Å². The molecule has 160 valence electrons. The molecule has 0 bridgehead atoms. The van der Waals surface area contributed by atoms with E-state index in [1.807, 2.05) is 11.8 Å². The van der Waals surface area contributed by atoms with Crippen LogP contribution in [-0.4, -0.2) is 74.5 Å². The van der Waals surface area contributed by atoms with Crippen molar-refractivity contribution in [2.24, 2.45) is 0 Å². The van der Waals surface area contributed by atoms with Crippen LogP contribution in [0.15, 0.2) is 18.2 Å². The molecule has 10 heteroatoms. The number of morpholine rings is 1. The first kappa shape index (κ1) is 21.5. The van der Waals surface area contributed by atoms with Crippen LogP contribution in [-0.2, 0) is 14.6 Å². The molecule has 0 N–H and O–H groups in total. The molecule has 1 atom stereocenters. The number of benzene rings is 1. The van der Waals surface area contributed by atoms with Gasteiger partial charge in [-0.15, -0.1) is 0 Å². The summed E-state index contributed by atoms with van der Waals surface area (Å²) in [6, 6.07) is 4.15. The third kappa shape index (κ3) is 5.05. The highest BCUT2D eigenvalue weighted by Crippen LogP contribution is 2.31. The zero-order chi connectivity index (χ0) is 21.0. The molecule has 3 rings (SSSR count). The molecule has 9 nitrogen and oxygen atoms in total. The highest BCUT2D eigenvalue weighted by molar-refractivity contribution is 7.91. The summed E-state index contributed by atoms with van der Waals surface area (Å²) in [5.41, 5.74) is 0.569. The van der Waals surface area contributed by atoms with Gasteiger partial charge in [0.2, 0.25) is 0 Å². The summed E-state index contributed by atoms with van der Waals surface area (Å²) in [5, 5.41) is 11.7. The van der Waals surface area contributed by atoms with Crippen molar-refractivity contribution in [2.45, 2.75) is 32.2 Å². The lowest BCUT2D eigenvalue weighted by atomic mass is 10.1. The van der Waals surface area contributed by atoms with Gasteiger partial charge < -0.3 is 14.5 Å². The fraction of sp³-hybridized carbons (Fsp3) is 0.632. The number of ether oxygens (including phenoxy) is 1. The first-order valence-corrected chi connectivity index (χ1v) is 11.8. The van der Waals surface area contributed by atoms with E-state index in [0.717, 1.165) is 12.8 Å². The monoisotopic (exact) mass is 425 g/mol. The molecule has 1 amide bonds. The number of amides is 1. The van der Waals surface area contributed by atoms with Crippen molar-refractivity contribution < 1.29 is 22.9 Å². The van der Waals surface area contributed by atoms with E-state index >= 15 is 0 Å². The predicted octanol–water partition coefficient (Wildman–Crippen LogP) is 1.86. The molecule has 0 saturated carbocycles.